The Morgan fingerprint density at radius 2 is 1.35 bits per heavy atom. The van der Waals surface area contributed by atoms with Gasteiger partial charge in [-0.15, -0.1) is 0 Å². The Labute approximate surface area is 158 Å². The van der Waals surface area contributed by atoms with E-state index in [1.165, 1.54) is 18.4 Å². The zero-order valence-corrected chi connectivity index (χ0v) is 15.7. The first kappa shape index (κ1) is 19.4. The van der Waals surface area contributed by atoms with Crippen molar-refractivity contribution in [3.05, 3.63) is 77.4 Å². The summed E-state index contributed by atoms with van der Waals surface area (Å²) in [6.45, 7) is 5.12. The van der Waals surface area contributed by atoms with Gasteiger partial charge in [-0.2, -0.15) is 0 Å². The quantitative estimate of drug-likeness (QED) is 0.478. The largest absolute Gasteiger partial charge is 0.494 e. The minimum Gasteiger partial charge on any atom is -0.494 e. The van der Waals surface area contributed by atoms with E-state index in [9.17, 15) is 0 Å². The predicted molar refractivity (Wildman–Crippen MR) is 110 cm³/mol. The summed E-state index contributed by atoms with van der Waals surface area (Å²) in [5.74, 6) is 13.1. The van der Waals surface area contributed by atoms with Crippen LogP contribution in [0.4, 0.5) is 0 Å². The number of rotatable bonds is 6. The topological polar surface area (TPSA) is 9.23 Å². The first-order valence-electron chi connectivity index (χ1n) is 9.31. The Morgan fingerprint density at radius 1 is 0.769 bits per heavy atom. The van der Waals surface area contributed by atoms with Crippen molar-refractivity contribution < 1.29 is 4.74 Å². The summed E-state index contributed by atoms with van der Waals surface area (Å²) < 4.78 is 5.70. The molecule has 2 aromatic carbocycles. The van der Waals surface area contributed by atoms with Crippen molar-refractivity contribution >= 4 is 0 Å². The van der Waals surface area contributed by atoms with Crippen molar-refractivity contribution in [3.63, 3.8) is 0 Å². The second-order valence-corrected chi connectivity index (χ2v) is 6.00. The van der Waals surface area contributed by atoms with Gasteiger partial charge in [0.1, 0.15) is 5.75 Å². The fraction of sp³-hybridized carbons (Fsp3) is 0.280. The third-order valence-electron chi connectivity index (χ3n) is 3.92. The molecule has 1 heteroatoms. The van der Waals surface area contributed by atoms with E-state index in [2.05, 4.69) is 61.8 Å². The molecule has 26 heavy (non-hydrogen) atoms. The fourth-order valence-electron chi connectivity index (χ4n) is 2.33. The molecule has 0 aliphatic heterocycles. The van der Waals surface area contributed by atoms with Crippen molar-refractivity contribution in [2.45, 2.75) is 39.5 Å². The van der Waals surface area contributed by atoms with Crippen LogP contribution in [-0.2, 0) is 6.42 Å². The molecule has 0 radical (unpaired) electrons. The van der Waals surface area contributed by atoms with Gasteiger partial charge in [-0.1, -0.05) is 62.5 Å². The average Bonchev–Trinajstić information content (AvgIpc) is 2.69. The molecule has 132 valence electrons. The minimum absolute atomic E-state index is 0.779. The van der Waals surface area contributed by atoms with Crippen LogP contribution >= 0.6 is 0 Å². The molecule has 0 spiro atoms. The predicted octanol–water partition coefficient (Wildman–Crippen LogP) is 5.78. The van der Waals surface area contributed by atoms with Crippen LogP contribution in [0.2, 0.25) is 0 Å². The Hall–Kier alpha value is -2.90. The fourth-order valence-corrected chi connectivity index (χ4v) is 2.33. The van der Waals surface area contributed by atoms with Crippen LogP contribution in [0, 0.1) is 23.7 Å². The van der Waals surface area contributed by atoms with Gasteiger partial charge < -0.3 is 4.74 Å². The van der Waals surface area contributed by atoms with Crippen LogP contribution in [0.3, 0.4) is 0 Å². The molecule has 0 fully saturated rings. The van der Waals surface area contributed by atoms with Gasteiger partial charge in [0.25, 0.3) is 0 Å². The molecule has 0 atom stereocenters. The van der Waals surface area contributed by atoms with Crippen molar-refractivity contribution in [2.24, 2.45) is 0 Å². The van der Waals surface area contributed by atoms with E-state index in [0.717, 1.165) is 36.3 Å². The van der Waals surface area contributed by atoms with Crippen molar-refractivity contribution in [2.75, 3.05) is 6.61 Å². The first-order chi connectivity index (χ1) is 12.8. The van der Waals surface area contributed by atoms with Gasteiger partial charge in [-0.25, -0.2) is 0 Å². The summed E-state index contributed by atoms with van der Waals surface area (Å²) in [6.07, 6.45) is 8.14. The van der Waals surface area contributed by atoms with E-state index in [-0.39, 0.29) is 0 Å². The van der Waals surface area contributed by atoms with E-state index in [4.69, 9.17) is 4.74 Å². The average molecular weight is 342 g/mol. The molecule has 1 nitrogen and oxygen atoms in total. The third-order valence-corrected chi connectivity index (χ3v) is 3.92. The van der Waals surface area contributed by atoms with Crippen LogP contribution < -0.4 is 4.74 Å². The van der Waals surface area contributed by atoms with Crippen LogP contribution in [0.1, 0.15) is 49.8 Å². The lowest BCUT2D eigenvalue weighted by Gasteiger charge is -2.05. The zero-order valence-electron chi connectivity index (χ0n) is 15.7. The van der Waals surface area contributed by atoms with E-state index in [1.807, 2.05) is 24.3 Å². The van der Waals surface area contributed by atoms with E-state index in [0.29, 0.717) is 0 Å². The lowest BCUT2D eigenvalue weighted by atomic mass is 10.1. The lowest BCUT2D eigenvalue weighted by molar-refractivity contribution is 0.306. The smallest absolute Gasteiger partial charge is 0.119 e. The van der Waals surface area contributed by atoms with Crippen LogP contribution in [0.5, 0.6) is 5.75 Å². The Balaban J connectivity index is 1.81. The highest BCUT2D eigenvalue weighted by atomic mass is 16.5. The van der Waals surface area contributed by atoms with Gasteiger partial charge in [0, 0.05) is 11.1 Å². The Bertz CT molecular complexity index is 803. The van der Waals surface area contributed by atoms with Crippen molar-refractivity contribution in [1.29, 1.82) is 0 Å². The first-order valence-corrected chi connectivity index (χ1v) is 9.31. The van der Waals surface area contributed by atoms with E-state index < -0.39 is 0 Å². The van der Waals surface area contributed by atoms with Crippen molar-refractivity contribution in [3.8, 4) is 29.4 Å². The summed E-state index contributed by atoms with van der Waals surface area (Å²) >= 11 is 0. The molecule has 0 amide bonds. The molecule has 0 saturated heterocycles. The lowest BCUT2D eigenvalue weighted by Crippen LogP contribution is -1.96. The highest BCUT2D eigenvalue weighted by Gasteiger charge is 1.93. The Morgan fingerprint density at radius 3 is 1.88 bits per heavy atom. The molecule has 0 saturated carbocycles. The molecule has 0 heterocycles. The molecule has 0 N–H and O–H groups in total. The van der Waals surface area contributed by atoms with Gasteiger partial charge in [0.15, 0.2) is 0 Å². The number of hydrogen-bond acceptors (Lipinski definition) is 1. The monoisotopic (exact) mass is 342 g/mol. The number of hydrogen-bond donors (Lipinski definition) is 0. The summed E-state index contributed by atoms with van der Waals surface area (Å²) in [5.41, 5.74) is 3.32. The van der Waals surface area contributed by atoms with Crippen LogP contribution in [0.25, 0.3) is 0 Å². The third kappa shape index (κ3) is 7.33. The van der Waals surface area contributed by atoms with Gasteiger partial charge in [-0.05, 0) is 67.0 Å². The summed E-state index contributed by atoms with van der Waals surface area (Å²) in [7, 11) is 0. The minimum atomic E-state index is 0.779. The van der Waals surface area contributed by atoms with Gasteiger partial charge in [0.05, 0.1) is 6.61 Å². The normalized spacial score (nSPS) is 9.92. The van der Waals surface area contributed by atoms with Crippen LogP contribution in [0.15, 0.2) is 60.7 Å². The standard InChI is InChI=1S/C25H26O/c1-3-5-10-21-26-25-19-17-24(18-20-25)12-9-7-6-8-11-23-15-13-22(4-2)14-16-23/h6-7,13-20H,3-5,10,21H2,1-2H3/b7-6+. The second-order valence-electron chi connectivity index (χ2n) is 6.00. The van der Waals surface area contributed by atoms with Crippen LogP contribution in [-0.4, -0.2) is 6.61 Å². The van der Waals surface area contributed by atoms with Crippen molar-refractivity contribution in [1.82, 2.24) is 0 Å². The molecule has 0 unspecified atom stereocenters. The molecule has 2 rings (SSSR count). The number of ether oxygens (including phenoxy) is 1. The molecule has 0 bridgehead atoms. The molecular weight excluding hydrogens is 316 g/mol. The number of aryl methyl sites for hydroxylation is 1. The van der Waals surface area contributed by atoms with Gasteiger partial charge in [-0.3, -0.25) is 0 Å². The molecule has 0 aliphatic carbocycles. The molecule has 0 aromatic heterocycles. The maximum atomic E-state index is 5.70. The Kier molecular flexibility index (Phi) is 8.68. The molecular formula is C25H26O. The van der Waals surface area contributed by atoms with Gasteiger partial charge in [0.2, 0.25) is 0 Å². The molecule has 2 aromatic rings. The van der Waals surface area contributed by atoms with E-state index in [1.54, 1.807) is 12.2 Å². The second kappa shape index (κ2) is 11.6. The number of benzene rings is 2. The maximum Gasteiger partial charge on any atom is 0.119 e. The highest BCUT2D eigenvalue weighted by Crippen LogP contribution is 2.12. The molecule has 0 aliphatic rings. The maximum absolute atomic E-state index is 5.70. The summed E-state index contributed by atoms with van der Waals surface area (Å²) in [4.78, 5) is 0. The van der Waals surface area contributed by atoms with E-state index >= 15 is 0 Å². The number of unbranched alkanes of at least 4 members (excludes halogenated alkanes) is 2. The summed E-state index contributed by atoms with van der Waals surface area (Å²) in [5, 5.41) is 0. The van der Waals surface area contributed by atoms with Gasteiger partial charge >= 0.3 is 0 Å². The summed E-state index contributed by atoms with van der Waals surface area (Å²) in [6, 6.07) is 16.2. The zero-order chi connectivity index (χ0) is 18.5. The highest BCUT2D eigenvalue weighted by molar-refractivity contribution is 5.42. The number of allylic oxidation sites excluding steroid dienone is 2. The SMILES string of the molecule is CCCCCOc1ccc(C#C/C=C/C#Cc2ccc(CC)cc2)cc1.